The Morgan fingerprint density at radius 3 is 2.00 bits per heavy atom. The van der Waals surface area contributed by atoms with Gasteiger partial charge in [0.15, 0.2) is 0 Å². The quantitative estimate of drug-likeness (QED) is 0.513. The summed E-state index contributed by atoms with van der Waals surface area (Å²) in [4.78, 5) is 10.1. The summed E-state index contributed by atoms with van der Waals surface area (Å²) in [6.45, 7) is 4.22. The second-order valence-corrected chi connectivity index (χ2v) is 3.17. The minimum absolute atomic E-state index is 0. The van der Waals surface area contributed by atoms with Gasteiger partial charge in [-0.25, -0.2) is 0 Å². The molecule has 0 aromatic heterocycles. The molecule has 2 unspecified atom stereocenters. The van der Waals surface area contributed by atoms with Gasteiger partial charge in [0.25, 0.3) is 0 Å². The standard InChI is InChI=1S/C5H8O3.C4H8O2.CH4/c1-4(6)7-2-5-3-8-5;1-5-2-4-3-6-4;/h5H,2-3H2,1H3;4H,2-3H2,1H3;1H4. The van der Waals surface area contributed by atoms with Gasteiger partial charge < -0.3 is 18.9 Å². The third-order valence-corrected chi connectivity index (χ3v) is 1.63. The Hall–Kier alpha value is -0.650. The molecule has 0 saturated carbocycles. The Kier molecular flexibility index (Phi) is 7.29. The predicted molar refractivity (Wildman–Crippen MR) is 54.7 cm³/mol. The van der Waals surface area contributed by atoms with Gasteiger partial charge in [-0.2, -0.15) is 0 Å². The van der Waals surface area contributed by atoms with Crippen LogP contribution in [-0.4, -0.2) is 51.7 Å². The van der Waals surface area contributed by atoms with E-state index in [2.05, 4.69) is 4.74 Å². The SMILES string of the molecule is C.CC(=O)OCC1CO1.COCC1CO1. The first kappa shape index (κ1) is 14.3. The van der Waals surface area contributed by atoms with Gasteiger partial charge in [0.1, 0.15) is 18.8 Å². The van der Waals surface area contributed by atoms with Gasteiger partial charge in [-0.1, -0.05) is 7.43 Å². The van der Waals surface area contributed by atoms with E-state index in [1.807, 2.05) is 0 Å². The molecule has 0 N–H and O–H groups in total. The van der Waals surface area contributed by atoms with Crippen molar-refractivity contribution in [2.24, 2.45) is 0 Å². The van der Waals surface area contributed by atoms with Crippen LogP contribution >= 0.6 is 0 Å². The highest BCUT2D eigenvalue weighted by molar-refractivity contribution is 5.65. The zero-order chi connectivity index (χ0) is 10.4. The molecule has 90 valence electrons. The number of carbonyl (C=O) groups is 1. The highest BCUT2D eigenvalue weighted by Crippen LogP contribution is 2.08. The normalized spacial score (nSPS) is 25.5. The smallest absolute Gasteiger partial charge is 0.302 e. The molecular formula is C10H20O5. The van der Waals surface area contributed by atoms with Crippen LogP contribution in [0.1, 0.15) is 14.4 Å². The maximum atomic E-state index is 10.1. The van der Waals surface area contributed by atoms with E-state index >= 15 is 0 Å². The molecule has 0 spiro atoms. The Bertz CT molecular complexity index is 175. The van der Waals surface area contributed by atoms with Crippen molar-refractivity contribution in [2.75, 3.05) is 33.5 Å². The maximum Gasteiger partial charge on any atom is 0.302 e. The van der Waals surface area contributed by atoms with Crippen LogP contribution in [0.4, 0.5) is 0 Å². The van der Waals surface area contributed by atoms with Gasteiger partial charge in [-0.3, -0.25) is 4.79 Å². The topological polar surface area (TPSA) is 60.6 Å². The van der Waals surface area contributed by atoms with E-state index in [9.17, 15) is 4.79 Å². The maximum absolute atomic E-state index is 10.1. The zero-order valence-electron chi connectivity index (χ0n) is 8.52. The van der Waals surface area contributed by atoms with Gasteiger partial charge in [0.2, 0.25) is 0 Å². The fourth-order valence-electron chi connectivity index (χ4n) is 0.725. The van der Waals surface area contributed by atoms with Crippen molar-refractivity contribution in [3.63, 3.8) is 0 Å². The lowest BCUT2D eigenvalue weighted by molar-refractivity contribution is -0.141. The van der Waals surface area contributed by atoms with Crippen molar-refractivity contribution in [1.29, 1.82) is 0 Å². The Morgan fingerprint density at radius 2 is 1.73 bits per heavy atom. The van der Waals surface area contributed by atoms with Crippen LogP contribution in [0, 0.1) is 0 Å². The van der Waals surface area contributed by atoms with Gasteiger partial charge in [-0.15, -0.1) is 0 Å². The summed E-state index contributed by atoms with van der Waals surface area (Å²) in [5.74, 6) is -0.236. The molecule has 2 heterocycles. The molecule has 2 saturated heterocycles. The average molecular weight is 220 g/mol. The fourth-order valence-corrected chi connectivity index (χ4v) is 0.725. The Balaban J connectivity index is 0.000000253. The van der Waals surface area contributed by atoms with Crippen LogP contribution in [0.15, 0.2) is 0 Å². The average Bonchev–Trinajstić information content (AvgIpc) is 2.99. The molecule has 2 aliphatic rings. The number of methoxy groups -OCH3 is 1. The summed E-state index contributed by atoms with van der Waals surface area (Å²) in [5, 5.41) is 0. The number of epoxide rings is 2. The molecule has 0 aliphatic carbocycles. The van der Waals surface area contributed by atoms with Gasteiger partial charge in [0.05, 0.1) is 19.8 Å². The summed E-state index contributed by atoms with van der Waals surface area (Å²) in [7, 11) is 1.68. The summed E-state index contributed by atoms with van der Waals surface area (Å²) < 4.78 is 18.9. The molecule has 5 heteroatoms. The second-order valence-electron chi connectivity index (χ2n) is 3.17. The first-order valence-corrected chi connectivity index (χ1v) is 4.58. The molecule has 15 heavy (non-hydrogen) atoms. The van der Waals surface area contributed by atoms with Crippen LogP contribution < -0.4 is 0 Å². The predicted octanol–water partition coefficient (Wildman–Crippen LogP) is 0.616. The van der Waals surface area contributed by atoms with Crippen LogP contribution in [0.5, 0.6) is 0 Å². The third kappa shape index (κ3) is 9.65. The number of hydrogen-bond acceptors (Lipinski definition) is 5. The molecule has 2 rings (SSSR count). The van der Waals surface area contributed by atoms with Crippen LogP contribution in [0.25, 0.3) is 0 Å². The van der Waals surface area contributed by atoms with Crippen molar-refractivity contribution in [2.45, 2.75) is 26.6 Å². The molecular weight excluding hydrogens is 200 g/mol. The van der Waals surface area contributed by atoms with E-state index in [0.29, 0.717) is 12.7 Å². The minimum atomic E-state index is -0.236. The van der Waals surface area contributed by atoms with Crippen molar-refractivity contribution in [3.05, 3.63) is 0 Å². The van der Waals surface area contributed by atoms with E-state index in [1.165, 1.54) is 6.92 Å². The monoisotopic (exact) mass is 220 g/mol. The zero-order valence-corrected chi connectivity index (χ0v) is 8.52. The summed E-state index contributed by atoms with van der Waals surface area (Å²) in [5.41, 5.74) is 0. The van der Waals surface area contributed by atoms with Crippen LogP contribution in [0.3, 0.4) is 0 Å². The largest absolute Gasteiger partial charge is 0.463 e. The summed E-state index contributed by atoms with van der Waals surface area (Å²) >= 11 is 0. The number of rotatable bonds is 4. The van der Waals surface area contributed by atoms with Crippen molar-refractivity contribution in [1.82, 2.24) is 0 Å². The minimum Gasteiger partial charge on any atom is -0.463 e. The van der Waals surface area contributed by atoms with Gasteiger partial charge >= 0.3 is 5.97 Å². The molecule has 2 fully saturated rings. The number of ether oxygens (including phenoxy) is 4. The van der Waals surface area contributed by atoms with Crippen molar-refractivity contribution >= 4 is 5.97 Å². The highest BCUT2D eigenvalue weighted by atomic mass is 16.6. The van der Waals surface area contributed by atoms with E-state index < -0.39 is 0 Å². The molecule has 0 aromatic carbocycles. The Morgan fingerprint density at radius 1 is 1.27 bits per heavy atom. The molecule has 0 bridgehead atoms. The lowest BCUT2D eigenvalue weighted by atomic mass is 10.5. The van der Waals surface area contributed by atoms with Crippen molar-refractivity contribution in [3.8, 4) is 0 Å². The van der Waals surface area contributed by atoms with Crippen LogP contribution in [0.2, 0.25) is 0 Å². The molecule has 0 aromatic rings. The molecule has 0 amide bonds. The number of hydrogen-bond donors (Lipinski definition) is 0. The number of esters is 1. The van der Waals surface area contributed by atoms with E-state index in [0.717, 1.165) is 19.8 Å². The third-order valence-electron chi connectivity index (χ3n) is 1.63. The molecule has 2 atom stereocenters. The Labute approximate surface area is 90.6 Å². The van der Waals surface area contributed by atoms with Crippen LogP contribution in [-0.2, 0) is 23.7 Å². The molecule has 5 nitrogen and oxygen atoms in total. The van der Waals surface area contributed by atoms with E-state index in [-0.39, 0.29) is 19.5 Å². The van der Waals surface area contributed by atoms with Gasteiger partial charge in [0, 0.05) is 14.0 Å². The van der Waals surface area contributed by atoms with Gasteiger partial charge in [-0.05, 0) is 0 Å². The fraction of sp³-hybridized carbons (Fsp3) is 0.900. The first-order chi connectivity index (χ1) is 6.72. The second kappa shape index (κ2) is 7.62. The lowest BCUT2D eigenvalue weighted by Crippen LogP contribution is -2.05. The van der Waals surface area contributed by atoms with E-state index in [1.54, 1.807) is 7.11 Å². The molecule has 2 aliphatic heterocycles. The number of carbonyl (C=O) groups excluding carboxylic acids is 1. The first-order valence-electron chi connectivity index (χ1n) is 4.58. The lowest BCUT2D eigenvalue weighted by Gasteiger charge is -1.93. The van der Waals surface area contributed by atoms with E-state index in [4.69, 9.17) is 14.2 Å². The summed E-state index contributed by atoms with van der Waals surface area (Å²) in [6, 6.07) is 0. The van der Waals surface area contributed by atoms with Crippen molar-refractivity contribution < 1.29 is 23.7 Å². The summed E-state index contributed by atoms with van der Waals surface area (Å²) in [6.07, 6.45) is 0.619. The molecule has 0 radical (unpaired) electrons. The highest BCUT2D eigenvalue weighted by Gasteiger charge is 2.23.